The number of amides is 5. The zero-order valence-electron chi connectivity index (χ0n) is 22.3. The third-order valence-electron chi connectivity index (χ3n) is 5.57. The van der Waals surface area contributed by atoms with Crippen LogP contribution in [0.25, 0.3) is 0 Å². The highest BCUT2D eigenvalue weighted by atomic mass is 32.1. The molecule has 0 aromatic heterocycles. The van der Waals surface area contributed by atoms with Crippen LogP contribution >= 0.6 is 12.6 Å². The van der Waals surface area contributed by atoms with Gasteiger partial charge in [0.05, 0.1) is 12.4 Å². The molecule has 1 saturated heterocycles. The number of carbonyl (C=O) groups is 5. The molecule has 0 aliphatic carbocycles. The van der Waals surface area contributed by atoms with Crippen molar-refractivity contribution in [1.29, 1.82) is 0 Å². The molecule has 1 aliphatic heterocycles. The number of rotatable bonds is 7. The predicted molar refractivity (Wildman–Crippen MR) is 147 cm³/mol. The molecule has 0 saturated carbocycles. The van der Waals surface area contributed by atoms with Gasteiger partial charge in [-0.2, -0.15) is 22.2 Å². The Bertz CT molecular complexity index is 1090. The summed E-state index contributed by atoms with van der Waals surface area (Å²) >= 11 is 4.20. The first-order valence-corrected chi connectivity index (χ1v) is 13.0. The lowest BCUT2D eigenvalue weighted by Crippen LogP contribution is -2.58. The monoisotopic (exact) mass is 577 g/mol. The summed E-state index contributed by atoms with van der Waals surface area (Å²) < 4.78 is 0. The van der Waals surface area contributed by atoms with E-state index in [4.69, 9.17) is 15.3 Å². The van der Waals surface area contributed by atoms with Crippen LogP contribution < -0.4 is 32.3 Å². The highest BCUT2D eigenvalue weighted by molar-refractivity contribution is 7.80. The molecule has 1 unspecified atom stereocenters. The average molecular weight is 578 g/mol. The summed E-state index contributed by atoms with van der Waals surface area (Å²) in [5.74, 6) is -2.66. The van der Waals surface area contributed by atoms with Gasteiger partial charge in [0, 0.05) is 18.7 Å². The van der Waals surface area contributed by atoms with E-state index in [1.807, 2.05) is 6.07 Å². The highest BCUT2D eigenvalue weighted by Gasteiger charge is 2.31. The van der Waals surface area contributed by atoms with Crippen LogP contribution in [0.2, 0.25) is 0 Å². The van der Waals surface area contributed by atoms with Crippen molar-refractivity contribution in [1.82, 2.24) is 26.6 Å². The van der Waals surface area contributed by atoms with Gasteiger partial charge in [0.2, 0.25) is 29.5 Å². The Balaban J connectivity index is 0.00000254. The SMILES string of the molecule is CC(N)=NCCC[C@@H]1NC(=O)C(CS)NC(=O)[C@H](Cc2ccccc2)NC(=O)[C@@H](C)NC(=O)CNC1=O.O=C=O. The summed E-state index contributed by atoms with van der Waals surface area (Å²) in [7, 11) is 0. The van der Waals surface area contributed by atoms with Gasteiger partial charge in [0.1, 0.15) is 24.2 Å². The number of nitrogens with zero attached hydrogens (tertiary/aromatic N) is 1. The molecule has 218 valence electrons. The van der Waals surface area contributed by atoms with Crippen LogP contribution in [0.1, 0.15) is 32.3 Å². The number of amidine groups is 1. The maximum Gasteiger partial charge on any atom is 0.373 e. The van der Waals surface area contributed by atoms with E-state index in [1.54, 1.807) is 31.2 Å². The first-order valence-electron chi connectivity index (χ1n) is 12.4. The van der Waals surface area contributed by atoms with Crippen LogP contribution in [-0.4, -0.2) is 84.5 Å². The molecule has 0 bridgehead atoms. The number of carbonyl (C=O) groups excluding carboxylic acids is 7. The standard InChI is InChI=1S/C24H35N7O5S.CO2/c1-14-21(33)30-18(11-16-7-4-3-5-8-16)23(35)31-19(13-37)24(36)29-17(9-6-10-26-15(2)25)22(34)27-12-20(32)28-14;2-1-3/h3-5,7-8,14,17-19,37H,6,9-13H2,1-2H3,(H2,25,26)(H,27,34)(H,28,32)(H,29,36)(H,30,33)(H,31,35);/t14-,17+,18+,19?;/m1./s1. The first-order chi connectivity index (χ1) is 19.0. The fourth-order valence-corrected chi connectivity index (χ4v) is 3.82. The number of thiol groups is 1. The molecule has 1 aromatic rings. The van der Waals surface area contributed by atoms with E-state index in [0.29, 0.717) is 18.8 Å². The summed E-state index contributed by atoms with van der Waals surface area (Å²) in [5.41, 5.74) is 6.33. The van der Waals surface area contributed by atoms with Gasteiger partial charge in [0.25, 0.3) is 0 Å². The van der Waals surface area contributed by atoms with E-state index in [9.17, 15) is 24.0 Å². The highest BCUT2D eigenvalue weighted by Crippen LogP contribution is 2.06. The van der Waals surface area contributed by atoms with Crippen LogP contribution in [0.15, 0.2) is 35.3 Å². The van der Waals surface area contributed by atoms with Gasteiger partial charge in [-0.25, -0.2) is 0 Å². The molecule has 14 nitrogen and oxygen atoms in total. The lowest BCUT2D eigenvalue weighted by atomic mass is 10.0. The quantitative estimate of drug-likeness (QED) is 0.0816. The summed E-state index contributed by atoms with van der Waals surface area (Å²) in [6.07, 6.45) is 1.06. The van der Waals surface area contributed by atoms with Crippen molar-refractivity contribution >= 4 is 54.2 Å². The van der Waals surface area contributed by atoms with E-state index in [0.717, 1.165) is 5.56 Å². The average Bonchev–Trinajstić information content (AvgIpc) is 2.91. The molecule has 1 heterocycles. The molecule has 1 aliphatic rings. The van der Waals surface area contributed by atoms with E-state index in [2.05, 4.69) is 44.2 Å². The van der Waals surface area contributed by atoms with Gasteiger partial charge in [-0.05, 0) is 32.3 Å². The molecule has 40 heavy (non-hydrogen) atoms. The third-order valence-corrected chi connectivity index (χ3v) is 5.94. The molecule has 0 radical (unpaired) electrons. The Morgan fingerprint density at radius 3 is 2.10 bits per heavy atom. The molecule has 4 atom stereocenters. The minimum atomic E-state index is -1.08. The van der Waals surface area contributed by atoms with Gasteiger partial charge >= 0.3 is 6.15 Å². The number of aliphatic imine (C=N–C) groups is 1. The molecule has 5 amide bonds. The van der Waals surface area contributed by atoms with Crippen molar-refractivity contribution in [2.45, 2.75) is 57.3 Å². The third kappa shape index (κ3) is 12.5. The van der Waals surface area contributed by atoms with Crippen LogP contribution in [0, 0.1) is 0 Å². The maximum atomic E-state index is 13.2. The van der Waals surface area contributed by atoms with Crippen LogP contribution in [-0.2, 0) is 40.0 Å². The van der Waals surface area contributed by atoms with E-state index in [1.165, 1.54) is 6.92 Å². The minimum absolute atomic E-state index is 0.0506. The Labute approximate surface area is 237 Å². The van der Waals surface area contributed by atoms with E-state index < -0.39 is 60.2 Å². The van der Waals surface area contributed by atoms with E-state index in [-0.39, 0.29) is 24.7 Å². The van der Waals surface area contributed by atoms with Crippen LogP contribution in [0.4, 0.5) is 0 Å². The van der Waals surface area contributed by atoms with Crippen molar-refractivity contribution in [3.8, 4) is 0 Å². The Hall–Kier alpha value is -4.23. The number of benzene rings is 1. The van der Waals surface area contributed by atoms with Gasteiger partial charge in [-0.15, -0.1) is 0 Å². The second kappa shape index (κ2) is 18.1. The molecule has 2 rings (SSSR count). The van der Waals surface area contributed by atoms with Crippen molar-refractivity contribution in [3.05, 3.63) is 35.9 Å². The van der Waals surface area contributed by atoms with Crippen molar-refractivity contribution < 1.29 is 33.6 Å². The second-order valence-corrected chi connectivity index (χ2v) is 9.18. The molecule has 7 N–H and O–H groups in total. The molecule has 1 fully saturated rings. The number of hydrogen-bond donors (Lipinski definition) is 7. The summed E-state index contributed by atoms with van der Waals surface area (Å²) in [6.45, 7) is 3.06. The fourth-order valence-electron chi connectivity index (χ4n) is 3.56. The molecule has 15 heteroatoms. The number of hydrogen-bond acceptors (Lipinski definition) is 9. The molecule has 1 aromatic carbocycles. The molecule has 0 spiro atoms. The summed E-state index contributed by atoms with van der Waals surface area (Å²) in [4.78, 5) is 84.4. The van der Waals surface area contributed by atoms with Gasteiger partial charge in [0.15, 0.2) is 0 Å². The molecular weight excluding hydrogens is 542 g/mol. The maximum absolute atomic E-state index is 13.2. The first kappa shape index (κ1) is 33.8. The topological polar surface area (TPSA) is 218 Å². The summed E-state index contributed by atoms with van der Waals surface area (Å²) in [5, 5.41) is 12.9. The minimum Gasteiger partial charge on any atom is -0.388 e. The Morgan fingerprint density at radius 2 is 1.50 bits per heavy atom. The van der Waals surface area contributed by atoms with Gasteiger partial charge in [-0.1, -0.05) is 30.3 Å². The zero-order valence-corrected chi connectivity index (χ0v) is 23.2. The number of nitrogens with two attached hydrogens (primary N) is 1. The summed E-state index contributed by atoms with van der Waals surface area (Å²) in [6, 6.07) is 4.98. The second-order valence-electron chi connectivity index (χ2n) is 8.81. The molecular formula is C25H35N7O7S. The van der Waals surface area contributed by atoms with E-state index >= 15 is 0 Å². The lowest BCUT2D eigenvalue weighted by molar-refractivity contribution is -0.191. The predicted octanol–water partition coefficient (Wildman–Crippen LogP) is -2.18. The lowest BCUT2D eigenvalue weighted by Gasteiger charge is -2.24. The van der Waals surface area contributed by atoms with Gasteiger partial charge < -0.3 is 32.3 Å². The van der Waals surface area contributed by atoms with Gasteiger partial charge in [-0.3, -0.25) is 29.0 Å². The van der Waals surface area contributed by atoms with Crippen LogP contribution in [0.3, 0.4) is 0 Å². The Kier molecular flexibility index (Phi) is 15.3. The largest absolute Gasteiger partial charge is 0.388 e. The number of nitrogens with one attached hydrogen (secondary N) is 5. The normalized spacial score (nSPS) is 22.9. The van der Waals surface area contributed by atoms with Crippen LogP contribution in [0.5, 0.6) is 0 Å². The fraction of sp³-hybridized carbons (Fsp3) is 0.480. The zero-order chi connectivity index (χ0) is 30.1. The van der Waals surface area contributed by atoms with Crippen molar-refractivity contribution in [3.63, 3.8) is 0 Å². The Morgan fingerprint density at radius 1 is 0.925 bits per heavy atom. The van der Waals surface area contributed by atoms with Crippen molar-refractivity contribution in [2.75, 3.05) is 18.8 Å². The smallest absolute Gasteiger partial charge is 0.373 e. The van der Waals surface area contributed by atoms with Crippen molar-refractivity contribution in [2.24, 2.45) is 10.7 Å².